The molecule has 0 N–H and O–H groups in total. The largest absolute Gasteiger partial charge is 0.457 e. The van der Waals surface area contributed by atoms with E-state index in [9.17, 15) is 4.79 Å². The minimum absolute atomic E-state index is 0.235. The van der Waals surface area contributed by atoms with E-state index in [0.29, 0.717) is 18.4 Å². The van der Waals surface area contributed by atoms with Gasteiger partial charge in [-0.25, -0.2) is 0 Å². The lowest BCUT2D eigenvalue weighted by atomic mass is 10.0. The maximum absolute atomic E-state index is 11.3. The highest BCUT2D eigenvalue weighted by Gasteiger charge is 2.14. The van der Waals surface area contributed by atoms with Gasteiger partial charge in [0.15, 0.2) is 0 Å². The first-order valence-electron chi connectivity index (χ1n) is 5.51. The molecule has 1 rings (SSSR count). The predicted octanol–water partition coefficient (Wildman–Crippen LogP) is 3.13. The summed E-state index contributed by atoms with van der Waals surface area (Å²) in [6, 6.07) is 9.08. The number of nitriles is 1. The molecule has 0 aliphatic carbocycles. The summed E-state index contributed by atoms with van der Waals surface area (Å²) in [6.45, 7) is 5.41. The van der Waals surface area contributed by atoms with Gasteiger partial charge in [0, 0.05) is 12.8 Å². The van der Waals surface area contributed by atoms with Gasteiger partial charge in [0.05, 0.1) is 11.6 Å². The summed E-state index contributed by atoms with van der Waals surface area (Å²) in [4.78, 5) is 11.3. The fourth-order valence-corrected chi connectivity index (χ4v) is 1.42. The van der Waals surface area contributed by atoms with Gasteiger partial charge in [0.2, 0.25) is 0 Å². The SMILES string of the molecule is C=CCC(OC(=O)CC)c1ccc(C#N)cc1. The molecule has 0 aliphatic rings. The smallest absolute Gasteiger partial charge is 0.306 e. The summed E-state index contributed by atoms with van der Waals surface area (Å²) in [7, 11) is 0. The number of hydrogen-bond acceptors (Lipinski definition) is 3. The van der Waals surface area contributed by atoms with Crippen LogP contribution in [0, 0.1) is 11.3 Å². The molecule has 17 heavy (non-hydrogen) atoms. The maximum Gasteiger partial charge on any atom is 0.306 e. The van der Waals surface area contributed by atoms with Gasteiger partial charge in [0.25, 0.3) is 0 Å². The molecule has 0 aromatic heterocycles. The Bertz CT molecular complexity index is 429. The third kappa shape index (κ3) is 3.76. The maximum atomic E-state index is 11.3. The van der Waals surface area contributed by atoms with Crippen molar-refractivity contribution in [2.24, 2.45) is 0 Å². The van der Waals surface area contributed by atoms with Crippen molar-refractivity contribution in [1.82, 2.24) is 0 Å². The van der Waals surface area contributed by atoms with E-state index in [2.05, 4.69) is 6.58 Å². The van der Waals surface area contributed by atoms with Crippen LogP contribution in [-0.2, 0) is 9.53 Å². The van der Waals surface area contributed by atoms with Crippen molar-refractivity contribution >= 4 is 5.97 Å². The molecule has 3 heteroatoms. The molecule has 1 aromatic rings. The number of hydrogen-bond donors (Lipinski definition) is 0. The van der Waals surface area contributed by atoms with E-state index >= 15 is 0 Å². The molecule has 0 saturated heterocycles. The van der Waals surface area contributed by atoms with Crippen LogP contribution in [-0.4, -0.2) is 5.97 Å². The molecule has 1 unspecified atom stereocenters. The zero-order valence-electron chi connectivity index (χ0n) is 9.85. The third-order valence-electron chi connectivity index (χ3n) is 2.35. The van der Waals surface area contributed by atoms with Crippen molar-refractivity contribution in [1.29, 1.82) is 5.26 Å². The van der Waals surface area contributed by atoms with Crippen LogP contribution in [0.4, 0.5) is 0 Å². The highest BCUT2D eigenvalue weighted by Crippen LogP contribution is 2.22. The van der Waals surface area contributed by atoms with Crippen molar-refractivity contribution in [3.8, 4) is 6.07 Å². The van der Waals surface area contributed by atoms with E-state index in [1.807, 2.05) is 6.07 Å². The molecule has 0 fully saturated rings. The number of ether oxygens (including phenoxy) is 1. The van der Waals surface area contributed by atoms with Crippen LogP contribution in [0.2, 0.25) is 0 Å². The average molecular weight is 229 g/mol. The van der Waals surface area contributed by atoms with Crippen LogP contribution in [0.25, 0.3) is 0 Å². The second kappa shape index (κ2) is 6.49. The molecule has 0 aliphatic heterocycles. The lowest BCUT2D eigenvalue weighted by Gasteiger charge is -2.16. The average Bonchev–Trinajstić information content (AvgIpc) is 2.38. The molecule has 0 heterocycles. The molecule has 88 valence electrons. The molecular weight excluding hydrogens is 214 g/mol. The van der Waals surface area contributed by atoms with E-state index in [1.165, 1.54) is 0 Å². The lowest BCUT2D eigenvalue weighted by molar-refractivity contribution is -0.148. The van der Waals surface area contributed by atoms with Crippen molar-refractivity contribution in [2.75, 3.05) is 0 Å². The van der Waals surface area contributed by atoms with Gasteiger partial charge < -0.3 is 4.74 Å². The highest BCUT2D eigenvalue weighted by atomic mass is 16.5. The first kappa shape index (κ1) is 13.0. The van der Waals surface area contributed by atoms with Gasteiger partial charge in [-0.05, 0) is 17.7 Å². The van der Waals surface area contributed by atoms with E-state index < -0.39 is 0 Å². The van der Waals surface area contributed by atoms with Crippen molar-refractivity contribution < 1.29 is 9.53 Å². The standard InChI is InChI=1S/C14H15NO2/c1-3-5-13(17-14(16)4-2)12-8-6-11(10-15)7-9-12/h3,6-9,13H,1,4-5H2,2H3. The summed E-state index contributed by atoms with van der Waals surface area (Å²) in [5.74, 6) is -0.235. The number of rotatable bonds is 5. The molecule has 0 amide bonds. The molecule has 3 nitrogen and oxygen atoms in total. The predicted molar refractivity (Wildman–Crippen MR) is 65.1 cm³/mol. The van der Waals surface area contributed by atoms with Crippen LogP contribution in [0.15, 0.2) is 36.9 Å². The van der Waals surface area contributed by atoms with Crippen molar-refractivity contribution in [3.05, 3.63) is 48.0 Å². The fourth-order valence-electron chi connectivity index (χ4n) is 1.42. The van der Waals surface area contributed by atoms with E-state index in [4.69, 9.17) is 10.00 Å². The normalized spacial score (nSPS) is 11.3. The Balaban J connectivity index is 2.85. The second-order valence-corrected chi connectivity index (χ2v) is 3.59. The first-order chi connectivity index (χ1) is 8.21. The monoisotopic (exact) mass is 229 g/mol. The van der Waals surface area contributed by atoms with E-state index in [0.717, 1.165) is 5.56 Å². The molecule has 0 radical (unpaired) electrons. The Labute approximate surface area is 101 Å². The Morgan fingerprint density at radius 2 is 2.18 bits per heavy atom. The quantitative estimate of drug-likeness (QED) is 0.575. The number of carbonyl (C=O) groups is 1. The van der Waals surface area contributed by atoms with Crippen molar-refractivity contribution in [2.45, 2.75) is 25.9 Å². The summed E-state index contributed by atoms with van der Waals surface area (Å²) >= 11 is 0. The van der Waals surface area contributed by atoms with Gasteiger partial charge in [-0.3, -0.25) is 4.79 Å². The van der Waals surface area contributed by atoms with Gasteiger partial charge in [-0.15, -0.1) is 6.58 Å². The summed E-state index contributed by atoms with van der Waals surface area (Å²) in [5, 5.41) is 8.70. The van der Waals surface area contributed by atoms with Gasteiger partial charge in [-0.2, -0.15) is 5.26 Å². The van der Waals surface area contributed by atoms with E-state index in [-0.39, 0.29) is 12.1 Å². The van der Waals surface area contributed by atoms with Gasteiger partial charge in [-0.1, -0.05) is 25.1 Å². The number of carbonyl (C=O) groups excluding carboxylic acids is 1. The zero-order valence-corrected chi connectivity index (χ0v) is 9.85. The minimum atomic E-state index is -0.312. The number of nitrogens with zero attached hydrogens (tertiary/aromatic N) is 1. The zero-order chi connectivity index (χ0) is 12.7. The molecule has 1 aromatic carbocycles. The first-order valence-corrected chi connectivity index (χ1v) is 5.51. The lowest BCUT2D eigenvalue weighted by Crippen LogP contribution is -2.09. The Hall–Kier alpha value is -2.08. The second-order valence-electron chi connectivity index (χ2n) is 3.59. The van der Waals surface area contributed by atoms with Crippen LogP contribution in [0.1, 0.15) is 37.0 Å². The Morgan fingerprint density at radius 1 is 1.53 bits per heavy atom. The molecule has 0 bridgehead atoms. The van der Waals surface area contributed by atoms with E-state index in [1.54, 1.807) is 37.3 Å². The Morgan fingerprint density at radius 3 is 2.65 bits per heavy atom. The third-order valence-corrected chi connectivity index (χ3v) is 2.35. The molecule has 1 atom stereocenters. The van der Waals surface area contributed by atoms with Crippen LogP contribution in [0.3, 0.4) is 0 Å². The summed E-state index contributed by atoms with van der Waals surface area (Å²) in [5.41, 5.74) is 1.47. The van der Waals surface area contributed by atoms with Crippen molar-refractivity contribution in [3.63, 3.8) is 0 Å². The van der Waals surface area contributed by atoms with Gasteiger partial charge in [0.1, 0.15) is 6.10 Å². The van der Waals surface area contributed by atoms with Crippen LogP contribution >= 0.6 is 0 Å². The number of esters is 1. The Kier molecular flexibility index (Phi) is 4.96. The number of benzene rings is 1. The summed E-state index contributed by atoms with van der Waals surface area (Å²) < 4.78 is 5.31. The highest BCUT2D eigenvalue weighted by molar-refractivity contribution is 5.69. The van der Waals surface area contributed by atoms with Gasteiger partial charge >= 0.3 is 5.97 Å². The molecule has 0 saturated carbocycles. The fraction of sp³-hybridized carbons (Fsp3) is 0.286. The molecule has 0 spiro atoms. The minimum Gasteiger partial charge on any atom is -0.457 e. The topological polar surface area (TPSA) is 50.1 Å². The molecular formula is C14H15NO2. The van der Waals surface area contributed by atoms with Crippen LogP contribution < -0.4 is 0 Å². The summed E-state index contributed by atoms with van der Waals surface area (Å²) in [6.07, 6.45) is 2.32. The van der Waals surface area contributed by atoms with Crippen LogP contribution in [0.5, 0.6) is 0 Å².